The third-order valence-electron chi connectivity index (χ3n) is 2.12. The van der Waals surface area contributed by atoms with Crippen molar-refractivity contribution >= 4 is 5.97 Å². The van der Waals surface area contributed by atoms with Gasteiger partial charge in [0.1, 0.15) is 18.2 Å². The van der Waals surface area contributed by atoms with Crippen molar-refractivity contribution in [3.63, 3.8) is 0 Å². The molecule has 0 amide bonds. The van der Waals surface area contributed by atoms with Gasteiger partial charge in [-0.1, -0.05) is 12.6 Å². The fourth-order valence-electron chi connectivity index (χ4n) is 1.13. The molecule has 0 aliphatic rings. The Hall–Kier alpha value is -1.84. The van der Waals surface area contributed by atoms with E-state index in [1.165, 1.54) is 6.07 Å². The van der Waals surface area contributed by atoms with E-state index in [1.54, 1.807) is 26.0 Å². The fraction of sp³-hybridized carbons (Fsp3) is 0.308. The Morgan fingerprint density at radius 3 is 2.76 bits per heavy atom. The van der Waals surface area contributed by atoms with Gasteiger partial charge in [0.2, 0.25) is 0 Å². The van der Waals surface area contributed by atoms with Gasteiger partial charge >= 0.3 is 5.97 Å². The lowest BCUT2D eigenvalue weighted by atomic mass is 10.2. The summed E-state index contributed by atoms with van der Waals surface area (Å²) < 4.78 is 23.2. The number of hydrogen-bond donors (Lipinski definition) is 0. The maximum Gasteiger partial charge on any atom is 0.336 e. The van der Waals surface area contributed by atoms with Gasteiger partial charge in [0.15, 0.2) is 0 Å². The minimum atomic E-state index is -0.500. The van der Waals surface area contributed by atoms with E-state index >= 15 is 0 Å². The van der Waals surface area contributed by atoms with Crippen LogP contribution in [0.5, 0.6) is 5.75 Å². The van der Waals surface area contributed by atoms with Crippen molar-refractivity contribution in [2.24, 2.45) is 0 Å². The summed E-state index contributed by atoms with van der Waals surface area (Å²) in [4.78, 5) is 11.2. The van der Waals surface area contributed by atoms with E-state index in [1.807, 2.05) is 0 Å². The third-order valence-corrected chi connectivity index (χ3v) is 2.12. The Labute approximate surface area is 99.9 Å². The van der Waals surface area contributed by atoms with Gasteiger partial charge < -0.3 is 9.47 Å². The van der Waals surface area contributed by atoms with Crippen LogP contribution in [0, 0.1) is 12.7 Å². The molecule has 0 atom stereocenters. The molecule has 4 heteroatoms. The van der Waals surface area contributed by atoms with Gasteiger partial charge in [-0.2, -0.15) is 0 Å². The number of carbonyl (C=O) groups excluding carboxylic acids is 1. The Morgan fingerprint density at radius 2 is 2.18 bits per heavy atom. The van der Waals surface area contributed by atoms with E-state index in [0.29, 0.717) is 11.3 Å². The summed E-state index contributed by atoms with van der Waals surface area (Å²) in [6.07, 6.45) is 0. The van der Waals surface area contributed by atoms with Crippen molar-refractivity contribution in [3.05, 3.63) is 41.7 Å². The van der Waals surface area contributed by atoms with E-state index < -0.39 is 5.97 Å². The predicted octanol–water partition coefficient (Wildman–Crippen LogP) is 2.63. The summed E-state index contributed by atoms with van der Waals surface area (Å²) in [6.45, 7) is 7.18. The van der Waals surface area contributed by atoms with Crippen LogP contribution < -0.4 is 4.74 Å². The Kier molecular flexibility index (Phi) is 4.69. The monoisotopic (exact) mass is 238 g/mol. The molecule has 0 heterocycles. The van der Waals surface area contributed by atoms with E-state index in [-0.39, 0.29) is 24.6 Å². The van der Waals surface area contributed by atoms with Crippen LogP contribution in [0.3, 0.4) is 0 Å². The van der Waals surface area contributed by atoms with Crippen LogP contribution in [-0.2, 0) is 9.53 Å². The molecule has 0 spiro atoms. The molecular weight excluding hydrogens is 223 g/mol. The van der Waals surface area contributed by atoms with Crippen LogP contribution in [-0.4, -0.2) is 19.2 Å². The first kappa shape index (κ1) is 13.2. The van der Waals surface area contributed by atoms with Crippen LogP contribution in [0.2, 0.25) is 0 Å². The van der Waals surface area contributed by atoms with Crippen LogP contribution in [0.25, 0.3) is 0 Å². The van der Waals surface area contributed by atoms with Gasteiger partial charge in [-0.3, -0.25) is 0 Å². The molecule has 1 aromatic carbocycles. The summed E-state index contributed by atoms with van der Waals surface area (Å²) >= 11 is 0. The summed E-state index contributed by atoms with van der Waals surface area (Å²) in [5.74, 6) is -0.483. The lowest BCUT2D eigenvalue weighted by Crippen LogP contribution is -2.13. The molecule has 3 nitrogen and oxygen atoms in total. The maximum atomic E-state index is 13.2. The lowest BCUT2D eigenvalue weighted by molar-refractivity contribution is -0.138. The highest BCUT2D eigenvalue weighted by Gasteiger charge is 2.08. The Morgan fingerprint density at radius 1 is 1.47 bits per heavy atom. The SMILES string of the molecule is C=C(COc1ccc(C)c(F)c1)C(=O)OCC. The van der Waals surface area contributed by atoms with Gasteiger partial charge in [-0.05, 0) is 25.5 Å². The molecule has 1 aromatic rings. The van der Waals surface area contributed by atoms with Crippen LogP contribution in [0.4, 0.5) is 4.39 Å². The number of hydrogen-bond acceptors (Lipinski definition) is 3. The number of halogens is 1. The molecule has 0 N–H and O–H groups in total. The number of benzene rings is 1. The quantitative estimate of drug-likeness (QED) is 0.584. The number of aryl methyl sites for hydroxylation is 1. The minimum absolute atomic E-state index is 0.0126. The molecule has 0 unspecified atom stereocenters. The number of ether oxygens (including phenoxy) is 2. The number of esters is 1. The van der Waals surface area contributed by atoms with E-state index in [4.69, 9.17) is 9.47 Å². The molecule has 0 fully saturated rings. The van der Waals surface area contributed by atoms with Gasteiger partial charge in [0.25, 0.3) is 0 Å². The molecule has 92 valence electrons. The average molecular weight is 238 g/mol. The summed E-state index contributed by atoms with van der Waals surface area (Å²) in [5.41, 5.74) is 0.745. The molecule has 0 radical (unpaired) electrons. The zero-order valence-electron chi connectivity index (χ0n) is 9.96. The molecule has 0 saturated heterocycles. The Balaban J connectivity index is 2.53. The summed E-state index contributed by atoms with van der Waals surface area (Å²) in [6, 6.07) is 4.52. The Bertz CT molecular complexity index is 427. The van der Waals surface area contributed by atoms with Gasteiger partial charge in [0.05, 0.1) is 12.2 Å². The number of rotatable bonds is 5. The number of carbonyl (C=O) groups is 1. The minimum Gasteiger partial charge on any atom is -0.489 e. The van der Waals surface area contributed by atoms with Crippen molar-refractivity contribution in [2.45, 2.75) is 13.8 Å². The van der Waals surface area contributed by atoms with Crippen LogP contribution in [0.15, 0.2) is 30.4 Å². The predicted molar refractivity (Wildman–Crippen MR) is 62.4 cm³/mol. The first-order valence-corrected chi connectivity index (χ1v) is 5.28. The maximum absolute atomic E-state index is 13.2. The standard InChI is InChI=1S/C13H15FO3/c1-4-16-13(15)10(3)8-17-11-6-5-9(2)12(14)7-11/h5-7H,3-4,8H2,1-2H3. The highest BCUT2D eigenvalue weighted by atomic mass is 19.1. The van der Waals surface area contributed by atoms with E-state index in [2.05, 4.69) is 6.58 Å². The smallest absolute Gasteiger partial charge is 0.336 e. The van der Waals surface area contributed by atoms with Gasteiger partial charge in [-0.25, -0.2) is 9.18 Å². The fourth-order valence-corrected chi connectivity index (χ4v) is 1.13. The molecular formula is C13H15FO3. The highest BCUT2D eigenvalue weighted by Crippen LogP contribution is 2.16. The summed E-state index contributed by atoms with van der Waals surface area (Å²) in [5, 5.41) is 0. The van der Waals surface area contributed by atoms with E-state index in [0.717, 1.165) is 0 Å². The highest BCUT2D eigenvalue weighted by molar-refractivity contribution is 5.88. The molecule has 0 aliphatic carbocycles. The molecule has 1 rings (SSSR count). The molecule has 0 aliphatic heterocycles. The molecule has 0 aromatic heterocycles. The molecule has 17 heavy (non-hydrogen) atoms. The average Bonchev–Trinajstić information content (AvgIpc) is 2.30. The topological polar surface area (TPSA) is 35.5 Å². The lowest BCUT2D eigenvalue weighted by Gasteiger charge is -2.08. The second-order valence-corrected chi connectivity index (χ2v) is 3.52. The largest absolute Gasteiger partial charge is 0.489 e. The molecule has 0 saturated carbocycles. The first-order chi connectivity index (χ1) is 8.04. The zero-order valence-corrected chi connectivity index (χ0v) is 9.96. The third kappa shape index (κ3) is 3.90. The second-order valence-electron chi connectivity index (χ2n) is 3.52. The van der Waals surface area contributed by atoms with Gasteiger partial charge in [-0.15, -0.1) is 0 Å². The van der Waals surface area contributed by atoms with Crippen molar-refractivity contribution in [1.29, 1.82) is 0 Å². The van der Waals surface area contributed by atoms with Crippen molar-refractivity contribution < 1.29 is 18.7 Å². The van der Waals surface area contributed by atoms with Crippen molar-refractivity contribution in [3.8, 4) is 5.75 Å². The van der Waals surface area contributed by atoms with Crippen LogP contribution >= 0.6 is 0 Å². The van der Waals surface area contributed by atoms with E-state index in [9.17, 15) is 9.18 Å². The zero-order chi connectivity index (χ0) is 12.8. The van der Waals surface area contributed by atoms with Crippen LogP contribution in [0.1, 0.15) is 12.5 Å². The molecule has 0 bridgehead atoms. The van der Waals surface area contributed by atoms with Gasteiger partial charge in [0, 0.05) is 6.07 Å². The summed E-state index contributed by atoms with van der Waals surface area (Å²) in [7, 11) is 0. The normalized spacial score (nSPS) is 9.82. The van der Waals surface area contributed by atoms with Crippen molar-refractivity contribution in [2.75, 3.05) is 13.2 Å². The first-order valence-electron chi connectivity index (χ1n) is 5.28. The van der Waals surface area contributed by atoms with Crippen molar-refractivity contribution in [1.82, 2.24) is 0 Å². The second kappa shape index (κ2) is 6.03.